The molecule has 2 aromatic carbocycles. The number of rotatable bonds is 7. The highest BCUT2D eigenvalue weighted by molar-refractivity contribution is 8.00. The van der Waals surface area contributed by atoms with Crippen LogP contribution in [0.5, 0.6) is 11.5 Å². The van der Waals surface area contributed by atoms with Crippen LogP contribution in [-0.4, -0.2) is 30.6 Å². The number of aromatic nitrogens is 2. The Balaban J connectivity index is 1.79. The van der Waals surface area contributed by atoms with Crippen molar-refractivity contribution in [2.75, 3.05) is 19.5 Å². The molecule has 0 saturated carbocycles. The molecule has 0 spiro atoms. The number of carbonyl (C=O) groups excluding carboxylic acids is 1. The number of H-pyrrole nitrogens is 1. The minimum Gasteiger partial charge on any atom is -0.497 e. The van der Waals surface area contributed by atoms with Gasteiger partial charge in [0.1, 0.15) is 11.5 Å². The van der Waals surface area contributed by atoms with Gasteiger partial charge in [0.2, 0.25) is 11.6 Å². The molecule has 146 valence electrons. The maximum atomic E-state index is 12.7. The summed E-state index contributed by atoms with van der Waals surface area (Å²) in [5.74, 6) is 0.799. The van der Waals surface area contributed by atoms with E-state index in [2.05, 4.69) is 10.6 Å². The average Bonchev–Trinajstić information content (AvgIpc) is 3.08. The van der Waals surface area contributed by atoms with Crippen LogP contribution in [0.4, 0.5) is 5.69 Å². The number of nitrogens with zero attached hydrogens (tertiary/aromatic N) is 1. The number of para-hydroxylation sites is 1. The van der Waals surface area contributed by atoms with Crippen molar-refractivity contribution in [2.24, 2.45) is 0 Å². The van der Waals surface area contributed by atoms with Crippen LogP contribution in [0.15, 0.2) is 62.9 Å². The first-order valence-corrected chi connectivity index (χ1v) is 9.30. The second kappa shape index (κ2) is 8.66. The number of amides is 1. The zero-order valence-corrected chi connectivity index (χ0v) is 16.4. The minimum atomic E-state index is -0.579. The van der Waals surface area contributed by atoms with Gasteiger partial charge >= 0.3 is 10.7 Å². The number of hydrogen-bond acceptors (Lipinski definition) is 6. The van der Waals surface area contributed by atoms with Gasteiger partial charge in [-0.05, 0) is 40.8 Å². The van der Waals surface area contributed by atoms with E-state index >= 15 is 0 Å². The number of nitrogens with one attached hydrogen (secondary N) is 2. The highest BCUT2D eigenvalue weighted by Gasteiger charge is 2.29. The van der Waals surface area contributed by atoms with Gasteiger partial charge in [0.05, 0.1) is 25.2 Å². The normalized spacial score (nSPS) is 11.7. The van der Waals surface area contributed by atoms with Crippen LogP contribution in [0.3, 0.4) is 0 Å². The summed E-state index contributed by atoms with van der Waals surface area (Å²) in [4.78, 5) is 24.8. The van der Waals surface area contributed by atoms with E-state index in [9.17, 15) is 9.59 Å². The van der Waals surface area contributed by atoms with E-state index in [4.69, 9.17) is 14.0 Å². The Morgan fingerprint density at radius 2 is 1.93 bits per heavy atom. The predicted octanol–water partition coefficient (Wildman–Crippen LogP) is 2.38. The number of anilines is 1. The molecule has 0 bridgehead atoms. The third-order valence-corrected chi connectivity index (χ3v) is 5.08. The second-order valence-corrected chi connectivity index (χ2v) is 7.10. The Labute approximate surface area is 165 Å². The van der Waals surface area contributed by atoms with Gasteiger partial charge in [0.25, 0.3) is 0 Å². The summed E-state index contributed by atoms with van der Waals surface area (Å²) in [6, 6.07) is 14.3. The third-order valence-electron chi connectivity index (χ3n) is 3.94. The number of methoxy groups -OCH3 is 2. The molecule has 0 aliphatic heterocycles. The second-order valence-electron chi connectivity index (χ2n) is 5.77. The van der Waals surface area contributed by atoms with Crippen molar-refractivity contribution in [1.82, 2.24) is 5.27 Å². The molecule has 1 aromatic heterocycles. The average molecular weight is 402 g/mol. The van der Waals surface area contributed by atoms with E-state index < -0.39 is 10.9 Å². The molecular weight excluding hydrogens is 382 g/mol. The Bertz CT molecular complexity index is 1020. The van der Waals surface area contributed by atoms with Gasteiger partial charge in [-0.15, -0.1) is 0 Å². The molecule has 0 saturated heterocycles. The van der Waals surface area contributed by atoms with E-state index in [1.807, 2.05) is 30.3 Å². The third kappa shape index (κ3) is 4.20. The van der Waals surface area contributed by atoms with Crippen LogP contribution < -0.4 is 25.1 Å². The molecule has 2 N–H and O–H groups in total. The summed E-state index contributed by atoms with van der Waals surface area (Å²) in [5, 5.41) is 5.06. The standard InChI is InChI=1S/C19H19N3O5S/c1-12(17(23)20-15-11-14(25-2)9-10-16(15)26-3)28-18-19(24)27-21-22(18)13-7-5-4-6-8-13/h4-12H,1-3H3,(H-,20,21,23,24)/p+1. The van der Waals surface area contributed by atoms with Gasteiger partial charge in [-0.25, -0.2) is 4.79 Å². The summed E-state index contributed by atoms with van der Waals surface area (Å²) in [6.45, 7) is 1.70. The molecule has 1 amide bonds. The van der Waals surface area contributed by atoms with Gasteiger partial charge in [-0.1, -0.05) is 18.2 Å². The molecule has 1 unspecified atom stereocenters. The first-order chi connectivity index (χ1) is 13.5. The van der Waals surface area contributed by atoms with E-state index in [0.29, 0.717) is 17.2 Å². The van der Waals surface area contributed by atoms with E-state index in [0.717, 1.165) is 17.4 Å². The number of carbonyl (C=O) groups is 1. The summed E-state index contributed by atoms with van der Waals surface area (Å²) in [7, 11) is 3.06. The van der Waals surface area contributed by atoms with E-state index in [1.165, 1.54) is 11.8 Å². The molecule has 9 heteroatoms. The quantitative estimate of drug-likeness (QED) is 0.465. The van der Waals surface area contributed by atoms with Gasteiger partial charge in [0, 0.05) is 18.2 Å². The lowest BCUT2D eigenvalue weighted by Gasteiger charge is -2.13. The van der Waals surface area contributed by atoms with Crippen LogP contribution in [0.2, 0.25) is 0 Å². The zero-order valence-electron chi connectivity index (χ0n) is 15.6. The van der Waals surface area contributed by atoms with Gasteiger partial charge in [0.15, 0.2) is 0 Å². The topological polar surface area (TPSA) is 97.4 Å². The van der Waals surface area contributed by atoms with Crippen molar-refractivity contribution in [2.45, 2.75) is 17.2 Å². The highest BCUT2D eigenvalue weighted by Crippen LogP contribution is 2.30. The lowest BCUT2D eigenvalue weighted by molar-refractivity contribution is -0.704. The fourth-order valence-electron chi connectivity index (χ4n) is 2.48. The predicted molar refractivity (Wildman–Crippen MR) is 104 cm³/mol. The highest BCUT2D eigenvalue weighted by atomic mass is 32.2. The number of ether oxygens (including phenoxy) is 2. The van der Waals surface area contributed by atoms with Crippen LogP contribution in [0.1, 0.15) is 6.92 Å². The van der Waals surface area contributed by atoms with Crippen LogP contribution in [-0.2, 0) is 4.79 Å². The van der Waals surface area contributed by atoms with Gasteiger partial charge < -0.3 is 14.8 Å². The smallest absolute Gasteiger partial charge is 0.442 e. The molecule has 0 aliphatic rings. The van der Waals surface area contributed by atoms with E-state index in [-0.39, 0.29) is 10.9 Å². The van der Waals surface area contributed by atoms with Crippen molar-refractivity contribution in [3.05, 3.63) is 59.0 Å². The first-order valence-electron chi connectivity index (χ1n) is 8.42. The fraction of sp³-hybridized carbons (Fsp3) is 0.211. The molecule has 3 aromatic rings. The summed E-state index contributed by atoms with van der Waals surface area (Å²) in [5.41, 5.74) is 0.654. The van der Waals surface area contributed by atoms with Crippen molar-refractivity contribution in [1.29, 1.82) is 0 Å². The molecular formula is C19H20N3O5S+. The lowest BCUT2D eigenvalue weighted by atomic mass is 10.2. The SMILES string of the molecule is COc1ccc(OC)c(NC(=O)C(C)Sc2c(=O)o[nH][n+]2-c2ccccc2)c1. The molecule has 3 rings (SSSR count). The Morgan fingerprint density at radius 1 is 1.18 bits per heavy atom. The van der Waals surface area contributed by atoms with Crippen molar-refractivity contribution < 1.29 is 23.5 Å². The van der Waals surface area contributed by atoms with Crippen LogP contribution in [0, 0.1) is 0 Å². The number of thioether (sulfide) groups is 1. The van der Waals surface area contributed by atoms with Crippen LogP contribution in [0.25, 0.3) is 5.69 Å². The van der Waals surface area contributed by atoms with Crippen molar-refractivity contribution >= 4 is 23.4 Å². The maximum absolute atomic E-state index is 12.7. The fourth-order valence-corrected chi connectivity index (χ4v) is 3.37. The number of benzene rings is 2. The molecule has 0 aliphatic carbocycles. The maximum Gasteiger partial charge on any atom is 0.442 e. The van der Waals surface area contributed by atoms with E-state index in [1.54, 1.807) is 32.2 Å². The largest absolute Gasteiger partial charge is 0.497 e. The molecule has 8 nitrogen and oxygen atoms in total. The van der Waals surface area contributed by atoms with Crippen LogP contribution >= 0.6 is 11.8 Å². The Kier molecular flexibility index (Phi) is 6.05. The molecule has 0 fully saturated rings. The monoisotopic (exact) mass is 402 g/mol. The summed E-state index contributed by atoms with van der Waals surface area (Å²) >= 11 is 1.09. The van der Waals surface area contributed by atoms with Gasteiger partial charge in [-0.3, -0.25) is 9.32 Å². The lowest BCUT2D eigenvalue weighted by Crippen LogP contribution is -2.37. The summed E-state index contributed by atoms with van der Waals surface area (Å²) < 4.78 is 16.9. The summed E-state index contributed by atoms with van der Waals surface area (Å²) in [6.07, 6.45) is 0. The number of hydrogen-bond donors (Lipinski definition) is 2. The first kappa shape index (κ1) is 19.6. The van der Waals surface area contributed by atoms with Crippen molar-refractivity contribution in [3.63, 3.8) is 0 Å². The van der Waals surface area contributed by atoms with Gasteiger partial charge in [-0.2, -0.15) is 0 Å². The molecule has 1 atom stereocenters. The zero-order chi connectivity index (χ0) is 20.1. The molecule has 28 heavy (non-hydrogen) atoms. The van der Waals surface area contributed by atoms with Crippen molar-refractivity contribution in [3.8, 4) is 17.2 Å². The number of aromatic amines is 1. The Hall–Kier alpha value is -3.20. The Morgan fingerprint density at radius 3 is 2.61 bits per heavy atom. The molecule has 1 heterocycles. The molecule has 0 radical (unpaired) electrons. The minimum absolute atomic E-state index is 0.270.